The van der Waals surface area contributed by atoms with Crippen LogP contribution >= 0.6 is 0 Å². The van der Waals surface area contributed by atoms with E-state index < -0.39 is 12.7 Å². The number of anilines is 1. The predicted molar refractivity (Wildman–Crippen MR) is 94.9 cm³/mol. The van der Waals surface area contributed by atoms with Crippen molar-refractivity contribution in [3.8, 4) is 0 Å². The van der Waals surface area contributed by atoms with E-state index in [1.165, 1.54) is 0 Å². The molecule has 0 unspecified atom stereocenters. The molecule has 2 rings (SSSR count). The second kappa shape index (κ2) is 8.58. The van der Waals surface area contributed by atoms with Crippen LogP contribution in [-0.2, 0) is 20.7 Å². The molecular weight excluding hydrogens is 342 g/mol. The van der Waals surface area contributed by atoms with E-state index in [1.54, 1.807) is 29.2 Å². The third-order valence-corrected chi connectivity index (χ3v) is 4.08. The standard InChI is InChI=1S/C19H26F2N2O3/c1-19(2,3)11-16(24)22-14-6-4-13(5-7-14)10-17(25)23-9-8-15(12-23)26-18(20)21/h4-7,15,18H,8-12H2,1-3H3,(H,22,24)/t15-/m0/s1. The number of ether oxygens (including phenoxy) is 1. The topological polar surface area (TPSA) is 58.6 Å². The average Bonchev–Trinajstić information content (AvgIpc) is 2.95. The van der Waals surface area contributed by atoms with Crippen LogP contribution in [0.1, 0.15) is 39.2 Å². The number of likely N-dealkylation sites (tertiary alicyclic amines) is 1. The lowest BCUT2D eigenvalue weighted by atomic mass is 9.92. The van der Waals surface area contributed by atoms with E-state index in [1.807, 2.05) is 20.8 Å². The molecule has 2 amide bonds. The summed E-state index contributed by atoms with van der Waals surface area (Å²) >= 11 is 0. The molecule has 1 aromatic carbocycles. The van der Waals surface area contributed by atoms with Crippen LogP contribution in [0, 0.1) is 5.41 Å². The van der Waals surface area contributed by atoms with E-state index in [2.05, 4.69) is 10.1 Å². The molecule has 1 atom stereocenters. The second-order valence-electron chi connectivity index (χ2n) is 7.81. The summed E-state index contributed by atoms with van der Waals surface area (Å²) in [5.74, 6) is -0.168. The van der Waals surface area contributed by atoms with Crippen molar-refractivity contribution in [1.29, 1.82) is 0 Å². The maximum Gasteiger partial charge on any atom is 0.345 e. The predicted octanol–water partition coefficient (Wildman–Crippen LogP) is 3.44. The van der Waals surface area contributed by atoms with Gasteiger partial charge in [0, 0.05) is 25.2 Å². The molecular formula is C19H26F2N2O3. The zero-order chi connectivity index (χ0) is 19.3. The quantitative estimate of drug-likeness (QED) is 0.837. The third-order valence-electron chi connectivity index (χ3n) is 4.08. The molecule has 144 valence electrons. The maximum absolute atomic E-state index is 12.3. The van der Waals surface area contributed by atoms with Crippen molar-refractivity contribution in [3.05, 3.63) is 29.8 Å². The number of benzene rings is 1. The smallest absolute Gasteiger partial charge is 0.340 e. The zero-order valence-electron chi connectivity index (χ0n) is 15.4. The SMILES string of the molecule is CC(C)(C)CC(=O)Nc1ccc(CC(=O)N2CC[C@H](OC(F)F)C2)cc1. The van der Waals surface area contributed by atoms with Crippen LogP contribution in [0.15, 0.2) is 24.3 Å². The Balaban J connectivity index is 1.83. The van der Waals surface area contributed by atoms with Gasteiger partial charge in [-0.05, 0) is 29.5 Å². The van der Waals surface area contributed by atoms with Gasteiger partial charge in [-0.15, -0.1) is 0 Å². The van der Waals surface area contributed by atoms with Gasteiger partial charge in [0.1, 0.15) is 0 Å². The number of halogens is 2. The monoisotopic (exact) mass is 368 g/mol. The summed E-state index contributed by atoms with van der Waals surface area (Å²) in [4.78, 5) is 25.8. The Kier molecular flexibility index (Phi) is 6.69. The number of carbonyl (C=O) groups is 2. The van der Waals surface area contributed by atoms with Crippen LogP contribution in [0.25, 0.3) is 0 Å². The summed E-state index contributed by atoms with van der Waals surface area (Å²) in [6.07, 6.45) is 0.440. The Bertz CT molecular complexity index is 627. The number of rotatable bonds is 6. The van der Waals surface area contributed by atoms with Crippen LogP contribution in [0.3, 0.4) is 0 Å². The number of hydrogen-bond acceptors (Lipinski definition) is 3. The van der Waals surface area contributed by atoms with Gasteiger partial charge >= 0.3 is 6.61 Å². The maximum atomic E-state index is 12.3. The lowest BCUT2D eigenvalue weighted by Crippen LogP contribution is -2.31. The molecule has 0 bridgehead atoms. The lowest BCUT2D eigenvalue weighted by Gasteiger charge is -2.18. The van der Waals surface area contributed by atoms with Crippen LogP contribution < -0.4 is 5.32 Å². The largest absolute Gasteiger partial charge is 0.345 e. The van der Waals surface area contributed by atoms with Gasteiger partial charge in [0.25, 0.3) is 0 Å². The van der Waals surface area contributed by atoms with Crippen molar-refractivity contribution in [2.45, 2.75) is 52.7 Å². The molecule has 0 saturated carbocycles. The van der Waals surface area contributed by atoms with Gasteiger partial charge in [-0.1, -0.05) is 32.9 Å². The van der Waals surface area contributed by atoms with E-state index >= 15 is 0 Å². The summed E-state index contributed by atoms with van der Waals surface area (Å²) in [5, 5.41) is 2.84. The highest BCUT2D eigenvalue weighted by Gasteiger charge is 2.28. The highest BCUT2D eigenvalue weighted by molar-refractivity contribution is 5.91. The van der Waals surface area contributed by atoms with Crippen molar-refractivity contribution < 1.29 is 23.1 Å². The normalized spacial score (nSPS) is 17.6. The van der Waals surface area contributed by atoms with Gasteiger partial charge in [0.15, 0.2) is 0 Å². The molecule has 1 fully saturated rings. The lowest BCUT2D eigenvalue weighted by molar-refractivity contribution is -0.160. The van der Waals surface area contributed by atoms with Crippen LogP contribution in [0.2, 0.25) is 0 Å². The van der Waals surface area contributed by atoms with E-state index in [0.29, 0.717) is 25.1 Å². The Hall–Kier alpha value is -2.02. The van der Waals surface area contributed by atoms with Crippen molar-refractivity contribution >= 4 is 17.5 Å². The molecule has 0 aliphatic carbocycles. The first-order valence-electron chi connectivity index (χ1n) is 8.72. The van der Waals surface area contributed by atoms with Gasteiger partial charge in [0.05, 0.1) is 12.5 Å². The molecule has 1 aliphatic heterocycles. The molecule has 0 aromatic heterocycles. The van der Waals surface area contributed by atoms with Gasteiger partial charge in [-0.3, -0.25) is 9.59 Å². The van der Waals surface area contributed by atoms with Crippen LogP contribution in [0.5, 0.6) is 0 Å². The number of alkyl halides is 2. The number of nitrogens with one attached hydrogen (secondary N) is 1. The Morgan fingerprint density at radius 2 is 1.92 bits per heavy atom. The second-order valence-corrected chi connectivity index (χ2v) is 7.81. The summed E-state index contributed by atoms with van der Waals surface area (Å²) in [7, 11) is 0. The Morgan fingerprint density at radius 3 is 2.50 bits per heavy atom. The number of nitrogens with zero attached hydrogens (tertiary/aromatic N) is 1. The number of carbonyl (C=O) groups excluding carboxylic acids is 2. The fourth-order valence-corrected chi connectivity index (χ4v) is 2.89. The Morgan fingerprint density at radius 1 is 1.27 bits per heavy atom. The van der Waals surface area contributed by atoms with Crippen molar-refractivity contribution in [1.82, 2.24) is 4.90 Å². The van der Waals surface area contributed by atoms with Gasteiger partial charge in [-0.2, -0.15) is 8.78 Å². The van der Waals surface area contributed by atoms with E-state index in [9.17, 15) is 18.4 Å². The molecule has 5 nitrogen and oxygen atoms in total. The first-order valence-corrected chi connectivity index (χ1v) is 8.72. The summed E-state index contributed by atoms with van der Waals surface area (Å²) in [6, 6.07) is 7.09. The number of amides is 2. The van der Waals surface area contributed by atoms with Crippen molar-refractivity contribution in [3.63, 3.8) is 0 Å². The van der Waals surface area contributed by atoms with Gasteiger partial charge < -0.3 is 15.0 Å². The van der Waals surface area contributed by atoms with Crippen molar-refractivity contribution in [2.24, 2.45) is 5.41 Å². The molecule has 0 spiro atoms. The first-order chi connectivity index (χ1) is 12.1. The van der Waals surface area contributed by atoms with E-state index in [-0.39, 0.29) is 30.2 Å². The molecule has 1 aliphatic rings. The van der Waals surface area contributed by atoms with E-state index in [4.69, 9.17) is 0 Å². The summed E-state index contributed by atoms with van der Waals surface area (Å²) < 4.78 is 28.9. The number of hydrogen-bond donors (Lipinski definition) is 1. The minimum Gasteiger partial charge on any atom is -0.340 e. The van der Waals surface area contributed by atoms with Gasteiger partial charge in [-0.25, -0.2) is 0 Å². The molecule has 1 N–H and O–H groups in total. The first kappa shape index (κ1) is 20.3. The summed E-state index contributed by atoms with van der Waals surface area (Å²) in [5.41, 5.74) is 1.40. The fraction of sp³-hybridized carbons (Fsp3) is 0.579. The molecule has 0 radical (unpaired) electrons. The Labute approximate surface area is 152 Å². The summed E-state index contributed by atoms with van der Waals surface area (Å²) in [6.45, 7) is 3.81. The molecule has 1 saturated heterocycles. The molecule has 1 heterocycles. The van der Waals surface area contributed by atoms with Crippen molar-refractivity contribution in [2.75, 3.05) is 18.4 Å². The third kappa shape index (κ3) is 6.71. The highest BCUT2D eigenvalue weighted by atomic mass is 19.3. The minimum atomic E-state index is -2.81. The minimum absolute atomic E-state index is 0.0523. The zero-order valence-corrected chi connectivity index (χ0v) is 15.4. The average molecular weight is 368 g/mol. The van der Waals surface area contributed by atoms with E-state index in [0.717, 1.165) is 5.56 Å². The van der Waals surface area contributed by atoms with Crippen LogP contribution in [-0.4, -0.2) is 42.5 Å². The fourth-order valence-electron chi connectivity index (χ4n) is 2.89. The molecule has 1 aromatic rings. The van der Waals surface area contributed by atoms with Gasteiger partial charge in [0.2, 0.25) is 11.8 Å². The molecule has 7 heteroatoms. The van der Waals surface area contributed by atoms with Crippen LogP contribution in [0.4, 0.5) is 14.5 Å². The molecule has 26 heavy (non-hydrogen) atoms. The highest BCUT2D eigenvalue weighted by Crippen LogP contribution is 2.20.